The second-order valence-corrected chi connectivity index (χ2v) is 7.60. The van der Waals surface area contributed by atoms with E-state index in [1.54, 1.807) is 11.3 Å². The Kier molecular flexibility index (Phi) is 2.14. The van der Waals surface area contributed by atoms with Gasteiger partial charge < -0.3 is 10.4 Å². The highest BCUT2D eigenvalue weighted by Gasteiger charge is 2.70. The lowest BCUT2D eigenvalue weighted by Gasteiger charge is -2.69. The van der Waals surface area contributed by atoms with E-state index >= 15 is 0 Å². The quantitative estimate of drug-likeness (QED) is 0.880. The highest BCUT2D eigenvalue weighted by molar-refractivity contribution is 9.10. The van der Waals surface area contributed by atoms with Crippen LogP contribution in [0, 0.1) is 0 Å². The monoisotopic (exact) mass is 338 g/mol. The van der Waals surface area contributed by atoms with Crippen LogP contribution in [0.3, 0.4) is 0 Å². The molecule has 3 saturated carbocycles. The number of hydrogen-bond donors (Lipinski definition) is 2. The van der Waals surface area contributed by atoms with Gasteiger partial charge in [0.05, 0.1) is 10.2 Å². The average Bonchev–Trinajstić information content (AvgIpc) is 2.63. The molecule has 19 heavy (non-hydrogen) atoms. The summed E-state index contributed by atoms with van der Waals surface area (Å²) in [5, 5.41) is 12.6. The van der Waals surface area contributed by atoms with Gasteiger partial charge in [0, 0.05) is 15.4 Å². The van der Waals surface area contributed by atoms with Gasteiger partial charge in [0.2, 0.25) is 0 Å². The van der Waals surface area contributed by atoms with Crippen molar-refractivity contribution in [3.63, 3.8) is 0 Å². The summed E-state index contributed by atoms with van der Waals surface area (Å²) in [5.74, 6) is 0. The summed E-state index contributed by atoms with van der Waals surface area (Å²) < 4.78 is 2.26. The Labute approximate surface area is 122 Å². The molecule has 3 fully saturated rings. The number of halogens is 1. The van der Waals surface area contributed by atoms with Crippen LogP contribution in [0.5, 0.6) is 0 Å². The highest BCUT2D eigenvalue weighted by atomic mass is 79.9. The number of hydrogen-bond acceptors (Lipinski definition) is 3. The minimum Gasteiger partial charge on any atom is -0.465 e. The number of benzene rings is 1. The van der Waals surface area contributed by atoms with Crippen LogP contribution in [0.25, 0.3) is 10.2 Å². The number of nitrogens with one attached hydrogen (secondary N) is 1. The normalized spacial score (nSPS) is 31.6. The molecule has 1 amide bonds. The van der Waals surface area contributed by atoms with E-state index in [-0.39, 0.29) is 11.0 Å². The van der Waals surface area contributed by atoms with Crippen LogP contribution in [-0.2, 0) is 5.41 Å². The Morgan fingerprint density at radius 2 is 2.16 bits per heavy atom. The molecule has 3 aliphatic rings. The molecule has 5 rings (SSSR count). The molecule has 0 spiro atoms. The number of rotatable bonds is 2. The number of nitrogens with zero attached hydrogens (tertiary/aromatic N) is 1. The number of carboxylic acid groups (broad SMARTS) is 1. The molecule has 0 saturated heterocycles. The summed E-state index contributed by atoms with van der Waals surface area (Å²) in [6, 6.07) is 6.12. The van der Waals surface area contributed by atoms with Crippen LogP contribution in [0.15, 0.2) is 22.7 Å². The van der Waals surface area contributed by atoms with Gasteiger partial charge in [0.15, 0.2) is 0 Å². The van der Waals surface area contributed by atoms with Crippen molar-refractivity contribution in [3.05, 3.63) is 27.7 Å². The summed E-state index contributed by atoms with van der Waals surface area (Å²) in [5.41, 5.74) is 1.01. The van der Waals surface area contributed by atoms with Crippen LogP contribution >= 0.6 is 27.3 Å². The van der Waals surface area contributed by atoms with Crippen LogP contribution in [0.1, 0.15) is 24.3 Å². The highest BCUT2D eigenvalue weighted by Crippen LogP contribution is 2.68. The van der Waals surface area contributed by atoms with E-state index < -0.39 is 6.09 Å². The Morgan fingerprint density at radius 1 is 1.42 bits per heavy atom. The van der Waals surface area contributed by atoms with Gasteiger partial charge in [-0.2, -0.15) is 0 Å². The van der Waals surface area contributed by atoms with Gasteiger partial charge in [-0.05, 0) is 37.5 Å². The van der Waals surface area contributed by atoms with Crippen molar-refractivity contribution >= 4 is 43.6 Å². The smallest absolute Gasteiger partial charge is 0.405 e. The second kappa shape index (κ2) is 3.49. The van der Waals surface area contributed by atoms with Gasteiger partial charge >= 0.3 is 6.09 Å². The van der Waals surface area contributed by atoms with E-state index in [1.165, 1.54) is 4.70 Å². The molecule has 6 heteroatoms. The van der Waals surface area contributed by atoms with Gasteiger partial charge in [-0.1, -0.05) is 15.9 Å². The average molecular weight is 339 g/mol. The molecule has 0 radical (unpaired) electrons. The topological polar surface area (TPSA) is 62.2 Å². The molecular weight excluding hydrogens is 328 g/mol. The van der Waals surface area contributed by atoms with E-state index in [0.29, 0.717) is 0 Å². The van der Waals surface area contributed by atoms with E-state index in [1.807, 2.05) is 12.1 Å². The SMILES string of the molecule is O=C(O)NC12CC(c3nc4ccc(Br)cc4s3)(C1)C2. The van der Waals surface area contributed by atoms with Gasteiger partial charge in [-0.15, -0.1) is 11.3 Å². The summed E-state index contributed by atoms with van der Waals surface area (Å²) >= 11 is 5.21. The fourth-order valence-corrected chi connectivity index (χ4v) is 5.20. The van der Waals surface area contributed by atoms with Gasteiger partial charge in [0.25, 0.3) is 0 Å². The maximum atomic E-state index is 10.7. The Hall–Kier alpha value is -1.14. The first-order valence-corrected chi connectivity index (χ1v) is 7.69. The lowest BCUT2D eigenvalue weighted by molar-refractivity contribution is -0.0821. The standard InChI is InChI=1S/C13H11BrN2O2S/c14-7-1-2-8-9(3-7)19-10(15-8)12-4-13(5-12,6-12)16-11(17)18/h1-3,16H,4-6H2,(H,17,18). The predicted molar refractivity (Wildman–Crippen MR) is 76.7 cm³/mol. The van der Waals surface area contributed by atoms with E-state index in [0.717, 1.165) is 34.3 Å². The Morgan fingerprint density at radius 3 is 2.84 bits per heavy atom. The maximum absolute atomic E-state index is 10.7. The summed E-state index contributed by atoms with van der Waals surface area (Å²) in [7, 11) is 0. The zero-order chi connectivity index (χ0) is 13.3. The summed E-state index contributed by atoms with van der Waals surface area (Å²) in [6.45, 7) is 0. The molecule has 2 bridgehead atoms. The molecule has 0 unspecified atom stereocenters. The number of fused-ring (bicyclic) bond motifs is 1. The zero-order valence-corrected chi connectivity index (χ0v) is 12.3. The lowest BCUT2D eigenvalue weighted by Crippen LogP contribution is -2.76. The van der Waals surface area contributed by atoms with Crippen molar-refractivity contribution in [1.29, 1.82) is 0 Å². The summed E-state index contributed by atoms with van der Waals surface area (Å²) in [6.07, 6.45) is 1.77. The third-order valence-electron chi connectivity index (χ3n) is 4.21. The molecule has 0 aliphatic heterocycles. The van der Waals surface area contributed by atoms with Crippen molar-refractivity contribution in [2.45, 2.75) is 30.2 Å². The number of amides is 1. The Balaban J connectivity index is 1.63. The first-order chi connectivity index (χ1) is 9.00. The molecule has 98 valence electrons. The van der Waals surface area contributed by atoms with Crippen molar-refractivity contribution in [1.82, 2.24) is 10.3 Å². The van der Waals surface area contributed by atoms with Crippen molar-refractivity contribution in [2.75, 3.05) is 0 Å². The van der Waals surface area contributed by atoms with E-state index in [2.05, 4.69) is 27.3 Å². The fraction of sp³-hybridized carbons (Fsp3) is 0.385. The molecule has 4 nitrogen and oxygen atoms in total. The first kappa shape index (κ1) is 11.7. The molecular formula is C13H11BrN2O2S. The molecule has 1 heterocycles. The van der Waals surface area contributed by atoms with Crippen LogP contribution in [0.4, 0.5) is 4.79 Å². The maximum Gasteiger partial charge on any atom is 0.405 e. The van der Waals surface area contributed by atoms with Gasteiger partial charge in [-0.3, -0.25) is 0 Å². The molecule has 1 aromatic heterocycles. The molecule has 3 aliphatic carbocycles. The molecule has 1 aromatic carbocycles. The fourth-order valence-electron chi connectivity index (χ4n) is 3.50. The molecule has 0 atom stereocenters. The van der Waals surface area contributed by atoms with Crippen molar-refractivity contribution in [2.24, 2.45) is 0 Å². The van der Waals surface area contributed by atoms with Crippen molar-refractivity contribution in [3.8, 4) is 0 Å². The third-order valence-corrected chi connectivity index (χ3v) is 5.96. The number of thiazole rings is 1. The van der Waals surface area contributed by atoms with Crippen LogP contribution in [0.2, 0.25) is 0 Å². The largest absolute Gasteiger partial charge is 0.465 e. The third kappa shape index (κ3) is 1.56. The summed E-state index contributed by atoms with van der Waals surface area (Å²) in [4.78, 5) is 15.4. The Bertz CT molecular complexity index is 692. The minimum atomic E-state index is -0.915. The van der Waals surface area contributed by atoms with Gasteiger partial charge in [0.1, 0.15) is 5.01 Å². The minimum absolute atomic E-state index is 0.138. The zero-order valence-electron chi connectivity index (χ0n) is 9.94. The molecule has 2 N–H and O–H groups in total. The first-order valence-electron chi connectivity index (χ1n) is 6.08. The van der Waals surface area contributed by atoms with E-state index in [9.17, 15) is 4.79 Å². The van der Waals surface area contributed by atoms with Crippen LogP contribution < -0.4 is 5.32 Å². The van der Waals surface area contributed by atoms with Crippen molar-refractivity contribution < 1.29 is 9.90 Å². The number of aromatic nitrogens is 1. The molecule has 2 aromatic rings. The van der Waals surface area contributed by atoms with E-state index in [4.69, 9.17) is 10.1 Å². The second-order valence-electron chi connectivity index (χ2n) is 5.65. The lowest BCUT2D eigenvalue weighted by atomic mass is 9.39. The van der Waals surface area contributed by atoms with Crippen LogP contribution in [-0.4, -0.2) is 21.7 Å². The predicted octanol–water partition coefficient (Wildman–Crippen LogP) is 3.50. The van der Waals surface area contributed by atoms with Gasteiger partial charge in [-0.25, -0.2) is 9.78 Å². The number of carbonyl (C=O) groups is 1.